The molecule has 1 aromatic carbocycles. The number of likely N-dealkylation sites (tertiary alicyclic amines) is 1. The maximum atomic E-state index is 12.1. The summed E-state index contributed by atoms with van der Waals surface area (Å²) in [4.78, 5) is 24.7. The summed E-state index contributed by atoms with van der Waals surface area (Å²) in [7, 11) is 0. The summed E-state index contributed by atoms with van der Waals surface area (Å²) < 4.78 is 5.42. The fraction of sp³-hybridized carbons (Fsp3) is 0.556. The van der Waals surface area contributed by atoms with Crippen LogP contribution in [0.25, 0.3) is 0 Å². The highest BCUT2D eigenvalue weighted by molar-refractivity contribution is 5.87. The highest BCUT2D eigenvalue weighted by atomic mass is 16.6. The van der Waals surface area contributed by atoms with Gasteiger partial charge in [-0.3, -0.25) is 0 Å². The lowest BCUT2D eigenvalue weighted by Crippen LogP contribution is -2.42. The first kappa shape index (κ1) is 18.1. The van der Waals surface area contributed by atoms with E-state index in [-0.39, 0.29) is 6.09 Å². The van der Waals surface area contributed by atoms with E-state index in [2.05, 4.69) is 5.32 Å². The molecule has 0 spiro atoms. The van der Waals surface area contributed by atoms with Crippen molar-refractivity contribution in [3.8, 4) is 0 Å². The fourth-order valence-corrected chi connectivity index (χ4v) is 2.85. The van der Waals surface area contributed by atoms with Gasteiger partial charge in [0, 0.05) is 18.8 Å². The number of ether oxygens (including phenoxy) is 1. The van der Waals surface area contributed by atoms with Crippen molar-refractivity contribution < 1.29 is 14.3 Å². The van der Waals surface area contributed by atoms with Crippen molar-refractivity contribution in [3.63, 3.8) is 0 Å². The molecular weight excluding hydrogens is 306 g/mol. The van der Waals surface area contributed by atoms with E-state index in [0.717, 1.165) is 32.4 Å². The third kappa shape index (κ3) is 5.76. The van der Waals surface area contributed by atoms with Crippen LogP contribution in [0.15, 0.2) is 24.3 Å². The van der Waals surface area contributed by atoms with Gasteiger partial charge in [-0.15, -0.1) is 0 Å². The first-order valence-electron chi connectivity index (χ1n) is 8.36. The molecule has 6 nitrogen and oxygen atoms in total. The molecule has 0 bridgehead atoms. The Morgan fingerprint density at radius 2 is 1.79 bits per heavy atom. The lowest BCUT2D eigenvalue weighted by Gasteiger charge is -2.33. The van der Waals surface area contributed by atoms with Crippen molar-refractivity contribution in [2.45, 2.75) is 45.6 Å². The SMILES string of the molecule is CC(C)(C)OC(=O)N1CCC(Cc2ccc(NC(N)=O)cc2)CC1. The minimum absolute atomic E-state index is 0.220. The number of nitrogens with two attached hydrogens (primary N) is 1. The highest BCUT2D eigenvalue weighted by Crippen LogP contribution is 2.23. The molecular formula is C18H27N3O3. The first-order valence-corrected chi connectivity index (χ1v) is 8.36. The Morgan fingerprint density at radius 1 is 1.21 bits per heavy atom. The zero-order valence-corrected chi connectivity index (χ0v) is 14.7. The van der Waals surface area contributed by atoms with Gasteiger partial charge in [-0.25, -0.2) is 9.59 Å². The molecule has 1 fully saturated rings. The van der Waals surface area contributed by atoms with Crippen LogP contribution in [0.3, 0.4) is 0 Å². The number of hydrogen-bond acceptors (Lipinski definition) is 3. The molecule has 0 aliphatic carbocycles. The van der Waals surface area contributed by atoms with Crippen LogP contribution in [0.4, 0.5) is 15.3 Å². The molecule has 6 heteroatoms. The summed E-state index contributed by atoms with van der Waals surface area (Å²) in [6, 6.07) is 7.17. The molecule has 0 radical (unpaired) electrons. The number of nitrogens with one attached hydrogen (secondary N) is 1. The Bertz CT molecular complexity index is 570. The number of rotatable bonds is 3. The van der Waals surface area contributed by atoms with Crippen molar-refractivity contribution in [2.75, 3.05) is 18.4 Å². The maximum Gasteiger partial charge on any atom is 0.410 e. The molecule has 1 aliphatic heterocycles. The van der Waals surface area contributed by atoms with Crippen LogP contribution in [0.5, 0.6) is 0 Å². The van der Waals surface area contributed by atoms with Gasteiger partial charge in [-0.05, 0) is 63.6 Å². The van der Waals surface area contributed by atoms with Crippen LogP contribution in [-0.4, -0.2) is 35.7 Å². The molecule has 0 atom stereocenters. The summed E-state index contributed by atoms with van der Waals surface area (Å²) in [6.07, 6.45) is 2.70. The van der Waals surface area contributed by atoms with Crippen molar-refractivity contribution in [2.24, 2.45) is 11.7 Å². The van der Waals surface area contributed by atoms with Gasteiger partial charge in [0.05, 0.1) is 0 Å². The molecule has 0 unspecified atom stereocenters. The van der Waals surface area contributed by atoms with E-state index >= 15 is 0 Å². The molecule has 3 N–H and O–H groups in total. The number of hydrogen-bond donors (Lipinski definition) is 2. The zero-order valence-electron chi connectivity index (χ0n) is 14.7. The number of benzene rings is 1. The Kier molecular flexibility index (Phi) is 5.70. The Hall–Kier alpha value is -2.24. The number of piperidine rings is 1. The number of amides is 3. The minimum atomic E-state index is -0.558. The Labute approximate surface area is 143 Å². The normalized spacial score (nSPS) is 15.9. The summed E-state index contributed by atoms with van der Waals surface area (Å²) in [5, 5.41) is 2.55. The molecule has 0 saturated carbocycles. The average Bonchev–Trinajstić information content (AvgIpc) is 2.48. The van der Waals surface area contributed by atoms with E-state index in [0.29, 0.717) is 11.6 Å². The summed E-state index contributed by atoms with van der Waals surface area (Å²) in [6.45, 7) is 7.12. The minimum Gasteiger partial charge on any atom is -0.444 e. The zero-order chi connectivity index (χ0) is 17.7. The Balaban J connectivity index is 1.80. The second kappa shape index (κ2) is 7.55. The average molecular weight is 333 g/mol. The number of carbonyl (C=O) groups excluding carboxylic acids is 2. The van der Waals surface area contributed by atoms with Crippen LogP contribution in [0.2, 0.25) is 0 Å². The second-order valence-corrected chi connectivity index (χ2v) is 7.30. The van der Waals surface area contributed by atoms with Crippen molar-refractivity contribution in [3.05, 3.63) is 29.8 Å². The van der Waals surface area contributed by atoms with Crippen molar-refractivity contribution in [1.29, 1.82) is 0 Å². The summed E-state index contributed by atoms with van der Waals surface area (Å²) in [5.41, 5.74) is 6.57. The molecule has 24 heavy (non-hydrogen) atoms. The molecule has 1 aliphatic rings. The van der Waals surface area contributed by atoms with Gasteiger partial charge in [0.2, 0.25) is 0 Å². The molecule has 2 rings (SSSR count). The predicted octanol–water partition coefficient (Wildman–Crippen LogP) is 3.37. The number of anilines is 1. The highest BCUT2D eigenvalue weighted by Gasteiger charge is 2.26. The monoisotopic (exact) mass is 333 g/mol. The quantitative estimate of drug-likeness (QED) is 0.889. The lowest BCUT2D eigenvalue weighted by atomic mass is 9.90. The van der Waals surface area contributed by atoms with Gasteiger partial charge in [-0.1, -0.05) is 12.1 Å². The van der Waals surface area contributed by atoms with Gasteiger partial charge in [-0.2, -0.15) is 0 Å². The first-order chi connectivity index (χ1) is 11.2. The van der Waals surface area contributed by atoms with Gasteiger partial charge < -0.3 is 20.7 Å². The smallest absolute Gasteiger partial charge is 0.410 e. The molecule has 132 valence electrons. The largest absolute Gasteiger partial charge is 0.444 e. The van der Waals surface area contributed by atoms with E-state index < -0.39 is 11.6 Å². The van der Waals surface area contributed by atoms with Crippen LogP contribution in [0, 0.1) is 5.92 Å². The van der Waals surface area contributed by atoms with Gasteiger partial charge >= 0.3 is 12.1 Å². The third-order valence-electron chi connectivity index (χ3n) is 4.01. The maximum absolute atomic E-state index is 12.1. The van der Waals surface area contributed by atoms with E-state index in [9.17, 15) is 9.59 Å². The topological polar surface area (TPSA) is 84.7 Å². The fourth-order valence-electron chi connectivity index (χ4n) is 2.85. The van der Waals surface area contributed by atoms with E-state index in [1.807, 2.05) is 45.0 Å². The van der Waals surface area contributed by atoms with Crippen LogP contribution >= 0.6 is 0 Å². The number of primary amides is 1. The number of carbonyl (C=O) groups is 2. The second-order valence-electron chi connectivity index (χ2n) is 7.30. The van der Waals surface area contributed by atoms with E-state index in [1.165, 1.54) is 5.56 Å². The molecule has 1 heterocycles. The van der Waals surface area contributed by atoms with Gasteiger partial charge in [0.15, 0.2) is 0 Å². The van der Waals surface area contributed by atoms with Crippen molar-refractivity contribution in [1.82, 2.24) is 4.90 Å². The summed E-state index contributed by atoms with van der Waals surface area (Å²) in [5.74, 6) is 0.554. The van der Waals surface area contributed by atoms with E-state index in [4.69, 9.17) is 10.5 Å². The molecule has 1 aromatic rings. The summed E-state index contributed by atoms with van der Waals surface area (Å²) >= 11 is 0. The van der Waals surface area contributed by atoms with Gasteiger partial charge in [0.1, 0.15) is 5.60 Å². The number of urea groups is 1. The van der Waals surface area contributed by atoms with Crippen LogP contribution in [-0.2, 0) is 11.2 Å². The molecule has 1 saturated heterocycles. The molecule has 0 aromatic heterocycles. The van der Waals surface area contributed by atoms with Gasteiger partial charge in [0.25, 0.3) is 0 Å². The Morgan fingerprint density at radius 3 is 2.29 bits per heavy atom. The van der Waals surface area contributed by atoms with E-state index in [1.54, 1.807) is 4.90 Å². The molecule has 3 amide bonds. The third-order valence-corrected chi connectivity index (χ3v) is 4.01. The number of nitrogens with zero attached hydrogens (tertiary/aromatic N) is 1. The van der Waals surface area contributed by atoms with Crippen LogP contribution in [0.1, 0.15) is 39.2 Å². The van der Waals surface area contributed by atoms with Crippen molar-refractivity contribution >= 4 is 17.8 Å². The standard InChI is InChI=1S/C18H27N3O3/c1-18(2,3)24-17(23)21-10-8-14(9-11-21)12-13-4-6-15(7-5-13)20-16(19)22/h4-7,14H,8-12H2,1-3H3,(H3,19,20,22). The van der Waals surface area contributed by atoms with Crippen LogP contribution < -0.4 is 11.1 Å². The lowest BCUT2D eigenvalue weighted by molar-refractivity contribution is 0.0184. The predicted molar refractivity (Wildman–Crippen MR) is 93.9 cm³/mol.